The lowest BCUT2D eigenvalue weighted by Gasteiger charge is -2.14. The van der Waals surface area contributed by atoms with E-state index >= 15 is 0 Å². The van der Waals surface area contributed by atoms with Crippen molar-refractivity contribution >= 4 is 11.5 Å². The summed E-state index contributed by atoms with van der Waals surface area (Å²) in [5.41, 5.74) is 0.849. The zero-order chi connectivity index (χ0) is 18.2. The van der Waals surface area contributed by atoms with Crippen LogP contribution in [0.5, 0.6) is 17.2 Å². The molecule has 5 heteroatoms. The Morgan fingerprint density at radius 2 is 1.72 bits per heavy atom. The van der Waals surface area contributed by atoms with Gasteiger partial charge in [0, 0.05) is 11.6 Å². The van der Waals surface area contributed by atoms with Crippen molar-refractivity contribution < 1.29 is 23.7 Å². The molecule has 0 aromatic heterocycles. The lowest BCUT2D eigenvalue weighted by atomic mass is 10.1. The van der Waals surface area contributed by atoms with Crippen LogP contribution < -0.4 is 9.47 Å². The number of hydrogen-bond acceptors (Lipinski definition) is 5. The maximum Gasteiger partial charge on any atom is 0.341 e. The van der Waals surface area contributed by atoms with Crippen molar-refractivity contribution in [1.82, 2.24) is 0 Å². The van der Waals surface area contributed by atoms with Crippen LogP contribution in [0.1, 0.15) is 19.4 Å². The van der Waals surface area contributed by atoms with Gasteiger partial charge in [-0.15, -0.1) is 0 Å². The number of rotatable bonds is 7. The van der Waals surface area contributed by atoms with Gasteiger partial charge in [-0.3, -0.25) is 0 Å². The number of carbonyl (C=O) groups is 1. The van der Waals surface area contributed by atoms with E-state index in [9.17, 15) is 4.79 Å². The quantitative estimate of drug-likeness (QED) is 0.423. The Balaban J connectivity index is 2.35. The van der Waals surface area contributed by atoms with Crippen molar-refractivity contribution in [2.24, 2.45) is 0 Å². The molecule has 0 atom stereocenters. The number of ether oxygens (including phenoxy) is 4. The first-order valence-electron chi connectivity index (χ1n) is 7.90. The molecule has 0 N–H and O–H groups in total. The summed E-state index contributed by atoms with van der Waals surface area (Å²) in [5, 5.41) is 0. The first-order valence-corrected chi connectivity index (χ1v) is 7.90. The highest BCUT2D eigenvalue weighted by Gasteiger charge is 2.18. The Kier molecular flexibility index (Phi) is 6.46. The van der Waals surface area contributed by atoms with Gasteiger partial charge in [0.25, 0.3) is 0 Å². The molecule has 0 unspecified atom stereocenters. The second kappa shape index (κ2) is 8.78. The minimum absolute atomic E-state index is 0.0677. The van der Waals surface area contributed by atoms with Crippen molar-refractivity contribution in [2.45, 2.75) is 20.0 Å². The summed E-state index contributed by atoms with van der Waals surface area (Å²) < 4.78 is 21.5. The number of benzene rings is 2. The summed E-state index contributed by atoms with van der Waals surface area (Å²) in [6, 6.07) is 14.5. The molecule has 5 nitrogen and oxygen atoms in total. The third-order valence-electron chi connectivity index (χ3n) is 3.22. The van der Waals surface area contributed by atoms with Gasteiger partial charge >= 0.3 is 5.97 Å². The standard InChI is InChI=1S/C20H22O5/c1-14(2)24-15-8-7-9-16(12-15)25-19-11-6-5-10-17(19)18(13-22-3)20(21)23-4/h5-14H,1-4H3. The molecule has 25 heavy (non-hydrogen) atoms. The Hall–Kier alpha value is -2.95. The van der Waals surface area contributed by atoms with E-state index in [1.165, 1.54) is 20.5 Å². The number of esters is 1. The van der Waals surface area contributed by atoms with Crippen molar-refractivity contribution in [2.75, 3.05) is 14.2 Å². The predicted molar refractivity (Wildman–Crippen MR) is 95.7 cm³/mol. The van der Waals surface area contributed by atoms with E-state index in [1.807, 2.05) is 44.2 Å². The third kappa shape index (κ3) is 5.01. The average molecular weight is 342 g/mol. The molecule has 0 fully saturated rings. The Morgan fingerprint density at radius 1 is 1.00 bits per heavy atom. The molecule has 2 aromatic rings. The van der Waals surface area contributed by atoms with Crippen LogP contribution >= 0.6 is 0 Å². The van der Waals surface area contributed by atoms with E-state index in [0.29, 0.717) is 22.8 Å². The molecule has 0 saturated carbocycles. The monoisotopic (exact) mass is 342 g/mol. The SMILES string of the molecule is COC=C(C(=O)OC)c1ccccc1Oc1cccc(OC(C)C)c1. The lowest BCUT2D eigenvalue weighted by Crippen LogP contribution is -2.06. The van der Waals surface area contributed by atoms with Crippen LogP contribution in [0.3, 0.4) is 0 Å². The fourth-order valence-corrected chi connectivity index (χ4v) is 2.24. The van der Waals surface area contributed by atoms with Crippen LogP contribution in [0.4, 0.5) is 0 Å². The molecule has 2 rings (SSSR count). The van der Waals surface area contributed by atoms with Crippen LogP contribution in [-0.2, 0) is 14.3 Å². The molecular formula is C20H22O5. The predicted octanol–water partition coefficient (Wildman–Crippen LogP) is 4.43. The summed E-state index contributed by atoms with van der Waals surface area (Å²) >= 11 is 0. The lowest BCUT2D eigenvalue weighted by molar-refractivity contribution is -0.133. The van der Waals surface area contributed by atoms with Gasteiger partial charge < -0.3 is 18.9 Å². The summed E-state index contributed by atoms with van der Waals surface area (Å²) in [5.74, 6) is 1.32. The van der Waals surface area contributed by atoms with Crippen LogP contribution in [0, 0.1) is 0 Å². The molecule has 0 radical (unpaired) electrons. The molecule has 0 heterocycles. The molecule has 0 saturated heterocycles. The molecule has 2 aromatic carbocycles. The maximum atomic E-state index is 12.0. The van der Waals surface area contributed by atoms with E-state index < -0.39 is 5.97 Å². The summed E-state index contributed by atoms with van der Waals surface area (Å²) in [4.78, 5) is 12.0. The number of hydrogen-bond donors (Lipinski definition) is 0. The first kappa shape index (κ1) is 18.4. The average Bonchev–Trinajstić information content (AvgIpc) is 2.59. The topological polar surface area (TPSA) is 54.0 Å². The molecule has 0 aliphatic heterocycles. The van der Waals surface area contributed by atoms with Crippen LogP contribution in [0.15, 0.2) is 54.8 Å². The second-order valence-corrected chi connectivity index (χ2v) is 5.50. The largest absolute Gasteiger partial charge is 0.503 e. The summed E-state index contributed by atoms with van der Waals surface area (Å²) in [7, 11) is 2.79. The van der Waals surface area contributed by atoms with E-state index in [4.69, 9.17) is 18.9 Å². The molecule has 132 valence electrons. The van der Waals surface area contributed by atoms with Gasteiger partial charge in [0.15, 0.2) is 0 Å². The second-order valence-electron chi connectivity index (χ2n) is 5.50. The van der Waals surface area contributed by atoms with E-state index in [1.54, 1.807) is 18.2 Å². The number of methoxy groups -OCH3 is 2. The highest BCUT2D eigenvalue weighted by Crippen LogP contribution is 2.32. The van der Waals surface area contributed by atoms with Crippen molar-refractivity contribution in [3.8, 4) is 17.2 Å². The Bertz CT molecular complexity index is 749. The van der Waals surface area contributed by atoms with Gasteiger partial charge in [-0.25, -0.2) is 4.79 Å². The van der Waals surface area contributed by atoms with Gasteiger partial charge in [-0.1, -0.05) is 24.3 Å². The van der Waals surface area contributed by atoms with E-state index in [2.05, 4.69) is 0 Å². The molecule has 0 bridgehead atoms. The highest BCUT2D eigenvalue weighted by atomic mass is 16.5. The van der Waals surface area contributed by atoms with Crippen molar-refractivity contribution in [3.63, 3.8) is 0 Å². The Morgan fingerprint density at radius 3 is 2.40 bits per heavy atom. The number of carbonyl (C=O) groups excluding carboxylic acids is 1. The third-order valence-corrected chi connectivity index (χ3v) is 3.22. The number of para-hydroxylation sites is 1. The minimum Gasteiger partial charge on any atom is -0.503 e. The van der Waals surface area contributed by atoms with Crippen LogP contribution in [0.25, 0.3) is 5.57 Å². The van der Waals surface area contributed by atoms with Gasteiger partial charge in [-0.05, 0) is 32.0 Å². The zero-order valence-corrected chi connectivity index (χ0v) is 14.8. The highest BCUT2D eigenvalue weighted by molar-refractivity contribution is 6.17. The molecule has 0 amide bonds. The van der Waals surface area contributed by atoms with Gasteiger partial charge in [0.1, 0.15) is 22.8 Å². The molecule has 0 aliphatic rings. The van der Waals surface area contributed by atoms with Gasteiger partial charge in [0.2, 0.25) is 0 Å². The molecule has 0 spiro atoms. The van der Waals surface area contributed by atoms with Crippen molar-refractivity contribution in [1.29, 1.82) is 0 Å². The van der Waals surface area contributed by atoms with Crippen LogP contribution in [0.2, 0.25) is 0 Å². The molecule has 0 aliphatic carbocycles. The van der Waals surface area contributed by atoms with Gasteiger partial charge in [-0.2, -0.15) is 0 Å². The maximum absolute atomic E-state index is 12.0. The Labute approximate surface area is 147 Å². The zero-order valence-electron chi connectivity index (χ0n) is 14.8. The molecular weight excluding hydrogens is 320 g/mol. The summed E-state index contributed by atoms with van der Waals surface area (Å²) in [6.07, 6.45) is 1.41. The van der Waals surface area contributed by atoms with Gasteiger partial charge in [0.05, 0.1) is 26.6 Å². The van der Waals surface area contributed by atoms with E-state index in [0.717, 1.165) is 0 Å². The fraction of sp³-hybridized carbons (Fsp3) is 0.250. The first-order chi connectivity index (χ1) is 12.0. The van der Waals surface area contributed by atoms with Crippen LogP contribution in [-0.4, -0.2) is 26.3 Å². The fourth-order valence-electron chi connectivity index (χ4n) is 2.24. The smallest absolute Gasteiger partial charge is 0.341 e. The summed E-state index contributed by atoms with van der Waals surface area (Å²) in [6.45, 7) is 3.92. The normalized spacial score (nSPS) is 11.2. The van der Waals surface area contributed by atoms with E-state index in [-0.39, 0.29) is 11.7 Å². The minimum atomic E-state index is -0.505. The van der Waals surface area contributed by atoms with Crippen molar-refractivity contribution in [3.05, 3.63) is 60.4 Å².